The number of anilines is 1. The minimum Gasteiger partial charge on any atom is -0.332 e. The molecule has 5 rings (SSSR count). The Morgan fingerprint density at radius 3 is 2.86 bits per heavy atom. The number of rotatable bonds is 4. The van der Waals surface area contributed by atoms with Crippen LogP contribution in [0.4, 0.5) is 5.95 Å². The summed E-state index contributed by atoms with van der Waals surface area (Å²) in [5.41, 5.74) is 2.74. The molecule has 29 heavy (non-hydrogen) atoms. The third-order valence-corrected chi connectivity index (χ3v) is 5.44. The molecule has 4 heterocycles. The van der Waals surface area contributed by atoms with Crippen molar-refractivity contribution in [3.8, 4) is 17.1 Å². The SMILES string of the molecule is Cn1c(-c2cccnc2)nnc1N1CCCC1c1cn(-c2cccc(Cl)c2)nn1. The molecule has 9 heteroatoms. The van der Waals surface area contributed by atoms with Gasteiger partial charge in [0.15, 0.2) is 5.82 Å². The molecule has 1 aliphatic heterocycles. The largest absolute Gasteiger partial charge is 0.332 e. The Kier molecular flexibility index (Phi) is 4.48. The second-order valence-corrected chi connectivity index (χ2v) is 7.48. The van der Waals surface area contributed by atoms with Gasteiger partial charge < -0.3 is 4.90 Å². The molecule has 1 unspecified atom stereocenters. The molecular formula is C20H19ClN8. The Hall–Kier alpha value is -3.26. The van der Waals surface area contributed by atoms with Crippen molar-refractivity contribution >= 4 is 17.5 Å². The molecule has 0 aliphatic carbocycles. The van der Waals surface area contributed by atoms with Gasteiger partial charge in [0.2, 0.25) is 5.95 Å². The maximum atomic E-state index is 6.11. The molecule has 146 valence electrons. The third-order valence-electron chi connectivity index (χ3n) is 5.21. The lowest BCUT2D eigenvalue weighted by Gasteiger charge is -2.23. The number of aromatic nitrogens is 7. The van der Waals surface area contributed by atoms with Gasteiger partial charge in [-0.1, -0.05) is 22.9 Å². The van der Waals surface area contributed by atoms with E-state index in [1.165, 1.54) is 0 Å². The van der Waals surface area contributed by atoms with E-state index in [4.69, 9.17) is 11.6 Å². The number of nitrogens with zero attached hydrogens (tertiary/aromatic N) is 8. The minimum absolute atomic E-state index is 0.104. The first-order valence-electron chi connectivity index (χ1n) is 9.45. The average molecular weight is 407 g/mol. The van der Waals surface area contributed by atoms with E-state index in [-0.39, 0.29) is 6.04 Å². The summed E-state index contributed by atoms with van der Waals surface area (Å²) >= 11 is 6.11. The highest BCUT2D eigenvalue weighted by Crippen LogP contribution is 2.35. The van der Waals surface area contributed by atoms with Crippen molar-refractivity contribution < 1.29 is 0 Å². The maximum absolute atomic E-state index is 6.11. The standard InChI is InChI=1S/C20H19ClN8/c1-27-19(14-5-3-9-22-12-14)24-25-20(27)28-10-4-8-18(28)17-13-29(26-23-17)16-7-2-6-15(21)11-16/h2-3,5-7,9,11-13,18H,4,8,10H2,1H3. The predicted octanol–water partition coefficient (Wildman–Crippen LogP) is 3.45. The molecular weight excluding hydrogens is 388 g/mol. The number of benzene rings is 1. The summed E-state index contributed by atoms with van der Waals surface area (Å²) in [5.74, 6) is 1.62. The van der Waals surface area contributed by atoms with Crippen molar-refractivity contribution in [1.29, 1.82) is 0 Å². The molecule has 8 nitrogen and oxygen atoms in total. The van der Waals surface area contributed by atoms with E-state index in [2.05, 4.69) is 30.4 Å². The van der Waals surface area contributed by atoms with Gasteiger partial charge >= 0.3 is 0 Å². The van der Waals surface area contributed by atoms with Crippen LogP contribution in [0, 0.1) is 0 Å². The molecule has 1 atom stereocenters. The zero-order valence-electron chi connectivity index (χ0n) is 15.9. The molecule has 1 fully saturated rings. The van der Waals surface area contributed by atoms with Crippen LogP contribution in [0.2, 0.25) is 5.02 Å². The fourth-order valence-corrected chi connectivity index (χ4v) is 3.99. The van der Waals surface area contributed by atoms with Gasteiger partial charge in [-0.05, 0) is 43.2 Å². The van der Waals surface area contributed by atoms with E-state index >= 15 is 0 Å². The highest BCUT2D eigenvalue weighted by atomic mass is 35.5. The highest BCUT2D eigenvalue weighted by molar-refractivity contribution is 6.30. The van der Waals surface area contributed by atoms with Crippen LogP contribution < -0.4 is 4.90 Å². The normalized spacial score (nSPS) is 16.5. The van der Waals surface area contributed by atoms with Gasteiger partial charge in [-0.2, -0.15) is 0 Å². The lowest BCUT2D eigenvalue weighted by Crippen LogP contribution is -2.25. The molecule has 1 aliphatic rings. The molecule has 1 aromatic carbocycles. The topological polar surface area (TPSA) is 77.5 Å². The van der Waals surface area contributed by atoms with E-state index in [9.17, 15) is 0 Å². The van der Waals surface area contributed by atoms with Gasteiger partial charge in [-0.3, -0.25) is 9.55 Å². The van der Waals surface area contributed by atoms with Crippen molar-refractivity contribution in [3.05, 3.63) is 65.7 Å². The first-order chi connectivity index (χ1) is 14.2. The molecule has 0 radical (unpaired) electrons. The number of halogens is 1. The number of hydrogen-bond acceptors (Lipinski definition) is 6. The van der Waals surface area contributed by atoms with E-state index in [1.54, 1.807) is 17.1 Å². The highest BCUT2D eigenvalue weighted by Gasteiger charge is 2.32. The Labute approximate surface area is 172 Å². The Balaban J connectivity index is 1.45. The van der Waals surface area contributed by atoms with Gasteiger partial charge in [0.1, 0.15) is 5.69 Å². The summed E-state index contributed by atoms with van der Waals surface area (Å²) in [6.45, 7) is 0.897. The smallest absolute Gasteiger partial charge is 0.227 e. The van der Waals surface area contributed by atoms with Gasteiger partial charge in [-0.15, -0.1) is 15.3 Å². The molecule has 3 aromatic heterocycles. The number of pyridine rings is 1. The molecule has 0 saturated carbocycles. The quantitative estimate of drug-likeness (QED) is 0.516. The predicted molar refractivity (Wildman–Crippen MR) is 110 cm³/mol. The second kappa shape index (κ2) is 7.29. The number of hydrogen-bond donors (Lipinski definition) is 0. The molecule has 0 amide bonds. The van der Waals surface area contributed by atoms with Crippen molar-refractivity contribution in [1.82, 2.24) is 34.7 Å². The Bertz CT molecular complexity index is 1140. The summed E-state index contributed by atoms with van der Waals surface area (Å²) in [6.07, 6.45) is 7.56. The third kappa shape index (κ3) is 3.25. The summed E-state index contributed by atoms with van der Waals surface area (Å²) in [5, 5.41) is 18.3. The maximum Gasteiger partial charge on any atom is 0.227 e. The van der Waals surface area contributed by atoms with Crippen LogP contribution in [0.25, 0.3) is 17.1 Å². The van der Waals surface area contributed by atoms with Crippen LogP contribution in [0.5, 0.6) is 0 Å². The minimum atomic E-state index is 0.104. The molecule has 0 spiro atoms. The summed E-state index contributed by atoms with van der Waals surface area (Å²) in [7, 11) is 1.98. The fourth-order valence-electron chi connectivity index (χ4n) is 3.81. The van der Waals surface area contributed by atoms with Crippen LogP contribution in [0.15, 0.2) is 55.0 Å². The Morgan fingerprint density at radius 2 is 2.03 bits per heavy atom. The van der Waals surface area contributed by atoms with Crippen LogP contribution in [-0.4, -0.2) is 41.3 Å². The summed E-state index contributed by atoms with van der Waals surface area (Å²) in [4.78, 5) is 6.43. The van der Waals surface area contributed by atoms with Crippen LogP contribution in [0.1, 0.15) is 24.6 Å². The van der Waals surface area contributed by atoms with Crippen molar-refractivity contribution in [2.24, 2.45) is 7.05 Å². The summed E-state index contributed by atoms with van der Waals surface area (Å²) < 4.78 is 3.77. The molecule has 0 N–H and O–H groups in total. The molecule has 1 saturated heterocycles. The van der Waals surface area contributed by atoms with E-state index in [0.717, 1.165) is 48.1 Å². The lowest BCUT2D eigenvalue weighted by molar-refractivity contribution is 0.662. The first kappa shape index (κ1) is 17.8. The van der Waals surface area contributed by atoms with E-state index in [1.807, 2.05) is 54.2 Å². The van der Waals surface area contributed by atoms with Gasteiger partial charge in [-0.25, -0.2) is 4.68 Å². The fraction of sp³-hybridized carbons (Fsp3) is 0.250. The van der Waals surface area contributed by atoms with Crippen LogP contribution in [-0.2, 0) is 7.05 Å². The zero-order chi connectivity index (χ0) is 19.8. The average Bonchev–Trinajstić information content (AvgIpc) is 3.47. The second-order valence-electron chi connectivity index (χ2n) is 7.04. The van der Waals surface area contributed by atoms with Gasteiger partial charge in [0, 0.05) is 36.6 Å². The van der Waals surface area contributed by atoms with Crippen LogP contribution >= 0.6 is 11.6 Å². The van der Waals surface area contributed by atoms with Crippen molar-refractivity contribution in [2.45, 2.75) is 18.9 Å². The first-order valence-corrected chi connectivity index (χ1v) is 9.83. The monoisotopic (exact) mass is 406 g/mol. The van der Waals surface area contributed by atoms with E-state index in [0.29, 0.717) is 5.02 Å². The molecule has 4 aromatic rings. The van der Waals surface area contributed by atoms with E-state index < -0.39 is 0 Å². The lowest BCUT2D eigenvalue weighted by atomic mass is 10.1. The van der Waals surface area contributed by atoms with Gasteiger partial charge in [0.05, 0.1) is 17.9 Å². The molecule has 0 bridgehead atoms. The van der Waals surface area contributed by atoms with Gasteiger partial charge in [0.25, 0.3) is 0 Å². The van der Waals surface area contributed by atoms with Crippen molar-refractivity contribution in [3.63, 3.8) is 0 Å². The van der Waals surface area contributed by atoms with Crippen LogP contribution in [0.3, 0.4) is 0 Å². The zero-order valence-corrected chi connectivity index (χ0v) is 16.6. The van der Waals surface area contributed by atoms with Crippen molar-refractivity contribution in [2.75, 3.05) is 11.4 Å². The summed E-state index contributed by atoms with van der Waals surface area (Å²) in [6, 6.07) is 11.6. The Morgan fingerprint density at radius 1 is 1.10 bits per heavy atom.